The van der Waals surface area contributed by atoms with E-state index in [4.69, 9.17) is 16.3 Å². The van der Waals surface area contributed by atoms with Crippen molar-refractivity contribution in [2.24, 2.45) is 0 Å². The fourth-order valence-electron chi connectivity index (χ4n) is 2.27. The van der Waals surface area contributed by atoms with Crippen LogP contribution in [0.25, 0.3) is 0 Å². The monoisotopic (exact) mass is 381 g/mol. The molecule has 0 aliphatic rings. The number of benzene rings is 2. The highest BCUT2D eigenvalue weighted by molar-refractivity contribution is 7.90. The van der Waals surface area contributed by atoms with E-state index in [1.54, 1.807) is 18.2 Å². The van der Waals surface area contributed by atoms with Gasteiger partial charge in [0, 0.05) is 11.4 Å². The van der Waals surface area contributed by atoms with E-state index in [0.717, 1.165) is 11.1 Å². The summed E-state index contributed by atoms with van der Waals surface area (Å²) >= 11 is 6.10. The Morgan fingerprint density at radius 2 is 1.72 bits per heavy atom. The lowest BCUT2D eigenvalue weighted by Gasteiger charge is -2.10. The molecule has 7 heteroatoms. The van der Waals surface area contributed by atoms with Crippen molar-refractivity contribution in [1.29, 1.82) is 0 Å². The van der Waals surface area contributed by atoms with Crippen LogP contribution in [-0.2, 0) is 14.8 Å². The normalized spacial score (nSPS) is 11.2. The molecular formula is C18H20ClNO4S. The number of aryl methyl sites for hydroxylation is 2. The molecule has 0 heterocycles. The highest BCUT2D eigenvalue weighted by atomic mass is 35.5. The lowest BCUT2D eigenvalue weighted by atomic mass is 10.1. The van der Waals surface area contributed by atoms with Gasteiger partial charge in [0.05, 0.1) is 11.5 Å². The summed E-state index contributed by atoms with van der Waals surface area (Å²) in [6, 6.07) is 11.4. The number of sulfonamides is 1. The number of ether oxygens (including phenoxy) is 1. The second-order valence-corrected chi connectivity index (χ2v) is 7.73. The maximum atomic E-state index is 12.0. The van der Waals surface area contributed by atoms with Crippen molar-refractivity contribution in [1.82, 2.24) is 4.72 Å². The minimum absolute atomic E-state index is 0.0532. The SMILES string of the molecule is Cc1cc(OCCCC(=O)NS(=O)(=O)c2ccccc2)cc(C)c1Cl. The van der Waals surface area contributed by atoms with E-state index in [1.165, 1.54) is 12.1 Å². The van der Waals surface area contributed by atoms with Crippen molar-refractivity contribution in [2.45, 2.75) is 31.6 Å². The average Bonchev–Trinajstić information content (AvgIpc) is 2.57. The molecule has 1 amide bonds. The quantitative estimate of drug-likeness (QED) is 0.743. The van der Waals surface area contributed by atoms with Gasteiger partial charge < -0.3 is 4.74 Å². The van der Waals surface area contributed by atoms with Gasteiger partial charge in [-0.3, -0.25) is 4.79 Å². The molecule has 0 radical (unpaired) electrons. The number of halogens is 1. The number of nitrogens with one attached hydrogen (secondary N) is 1. The Balaban J connectivity index is 1.81. The maximum Gasteiger partial charge on any atom is 0.264 e. The summed E-state index contributed by atoms with van der Waals surface area (Å²) in [6.45, 7) is 4.09. The van der Waals surface area contributed by atoms with Crippen LogP contribution in [0.15, 0.2) is 47.4 Å². The van der Waals surface area contributed by atoms with Crippen LogP contribution >= 0.6 is 11.6 Å². The molecule has 0 fully saturated rings. The van der Waals surface area contributed by atoms with Gasteiger partial charge in [0.15, 0.2) is 0 Å². The molecular weight excluding hydrogens is 362 g/mol. The summed E-state index contributed by atoms with van der Waals surface area (Å²) in [5.74, 6) is 0.118. The van der Waals surface area contributed by atoms with E-state index >= 15 is 0 Å². The van der Waals surface area contributed by atoms with Gasteiger partial charge in [-0.25, -0.2) is 13.1 Å². The lowest BCUT2D eigenvalue weighted by molar-refractivity contribution is -0.119. The van der Waals surface area contributed by atoms with Crippen molar-refractivity contribution in [3.8, 4) is 5.75 Å². The molecule has 0 bridgehead atoms. The van der Waals surface area contributed by atoms with Crippen LogP contribution in [0.2, 0.25) is 5.02 Å². The Morgan fingerprint density at radius 1 is 1.12 bits per heavy atom. The molecule has 0 saturated carbocycles. The van der Waals surface area contributed by atoms with Gasteiger partial charge in [-0.2, -0.15) is 0 Å². The van der Waals surface area contributed by atoms with E-state index in [-0.39, 0.29) is 11.3 Å². The molecule has 0 aliphatic heterocycles. The summed E-state index contributed by atoms with van der Waals surface area (Å²) < 4.78 is 31.7. The highest BCUT2D eigenvalue weighted by Gasteiger charge is 2.16. The molecule has 25 heavy (non-hydrogen) atoms. The van der Waals surface area contributed by atoms with E-state index in [0.29, 0.717) is 23.8 Å². The Morgan fingerprint density at radius 3 is 2.32 bits per heavy atom. The minimum Gasteiger partial charge on any atom is -0.494 e. The van der Waals surface area contributed by atoms with Gasteiger partial charge in [-0.1, -0.05) is 29.8 Å². The molecule has 1 N–H and O–H groups in total. The van der Waals surface area contributed by atoms with Gasteiger partial charge in [-0.05, 0) is 55.7 Å². The highest BCUT2D eigenvalue weighted by Crippen LogP contribution is 2.25. The standard InChI is InChI=1S/C18H20ClNO4S/c1-13-11-15(12-14(2)18(13)19)24-10-6-9-17(21)20-25(22,23)16-7-4-3-5-8-16/h3-5,7-8,11-12H,6,9-10H2,1-2H3,(H,20,21). The van der Waals surface area contributed by atoms with Gasteiger partial charge in [0.1, 0.15) is 5.75 Å². The Hall–Kier alpha value is -2.05. The largest absolute Gasteiger partial charge is 0.494 e. The van der Waals surface area contributed by atoms with Crippen LogP contribution < -0.4 is 9.46 Å². The smallest absolute Gasteiger partial charge is 0.264 e. The Labute approximate surface area is 153 Å². The van der Waals surface area contributed by atoms with E-state index in [1.807, 2.05) is 26.0 Å². The molecule has 0 atom stereocenters. The van der Waals surface area contributed by atoms with E-state index < -0.39 is 15.9 Å². The molecule has 2 aromatic carbocycles. The predicted octanol–water partition coefficient (Wildman–Crippen LogP) is 3.62. The number of carbonyl (C=O) groups is 1. The lowest BCUT2D eigenvalue weighted by Crippen LogP contribution is -2.30. The molecule has 0 spiro atoms. The molecule has 134 valence electrons. The third-order valence-electron chi connectivity index (χ3n) is 3.53. The summed E-state index contributed by atoms with van der Waals surface area (Å²) in [7, 11) is -3.82. The topological polar surface area (TPSA) is 72.5 Å². The predicted molar refractivity (Wildman–Crippen MR) is 97.4 cm³/mol. The zero-order valence-electron chi connectivity index (χ0n) is 14.1. The van der Waals surface area contributed by atoms with Crippen molar-refractivity contribution in [3.05, 3.63) is 58.6 Å². The first-order valence-corrected chi connectivity index (χ1v) is 9.66. The van der Waals surface area contributed by atoms with Crippen LogP contribution in [0.3, 0.4) is 0 Å². The van der Waals surface area contributed by atoms with Gasteiger partial charge >= 0.3 is 0 Å². The number of hydrogen-bond acceptors (Lipinski definition) is 4. The third kappa shape index (κ3) is 5.47. The summed E-state index contributed by atoms with van der Waals surface area (Å²) in [4.78, 5) is 11.9. The van der Waals surface area contributed by atoms with Gasteiger partial charge in [0.25, 0.3) is 10.0 Å². The van der Waals surface area contributed by atoms with Crippen molar-refractivity contribution >= 4 is 27.5 Å². The van der Waals surface area contributed by atoms with Crippen LogP contribution in [0.4, 0.5) is 0 Å². The van der Waals surface area contributed by atoms with Crippen molar-refractivity contribution in [3.63, 3.8) is 0 Å². The minimum atomic E-state index is -3.82. The zero-order valence-corrected chi connectivity index (χ0v) is 15.7. The molecule has 0 aliphatic carbocycles. The van der Waals surface area contributed by atoms with Gasteiger partial charge in [-0.15, -0.1) is 0 Å². The van der Waals surface area contributed by atoms with Crippen LogP contribution in [-0.4, -0.2) is 20.9 Å². The molecule has 0 unspecified atom stereocenters. The van der Waals surface area contributed by atoms with Crippen molar-refractivity contribution < 1.29 is 17.9 Å². The fourth-order valence-corrected chi connectivity index (χ4v) is 3.42. The summed E-state index contributed by atoms with van der Waals surface area (Å²) in [6.07, 6.45) is 0.453. The fraction of sp³-hybridized carbons (Fsp3) is 0.278. The first-order valence-electron chi connectivity index (χ1n) is 7.80. The van der Waals surface area contributed by atoms with Crippen molar-refractivity contribution in [2.75, 3.05) is 6.61 Å². The number of amides is 1. The Kier molecular flexibility index (Phi) is 6.45. The first kappa shape index (κ1) is 19.3. The molecule has 5 nitrogen and oxygen atoms in total. The van der Waals surface area contributed by atoms with Crippen LogP contribution in [0.1, 0.15) is 24.0 Å². The van der Waals surface area contributed by atoms with Crippen LogP contribution in [0.5, 0.6) is 5.75 Å². The van der Waals surface area contributed by atoms with E-state index in [2.05, 4.69) is 4.72 Å². The van der Waals surface area contributed by atoms with Crippen LogP contribution in [0, 0.1) is 13.8 Å². The molecule has 2 rings (SSSR count). The average molecular weight is 382 g/mol. The summed E-state index contributed by atoms with van der Waals surface area (Å²) in [5, 5.41) is 0.706. The Bertz CT molecular complexity index is 828. The number of rotatable bonds is 7. The molecule has 0 saturated heterocycles. The zero-order chi connectivity index (χ0) is 18.4. The molecule has 0 aromatic heterocycles. The first-order chi connectivity index (χ1) is 11.8. The second kappa shape index (κ2) is 8.36. The number of hydrogen-bond donors (Lipinski definition) is 1. The summed E-state index contributed by atoms with van der Waals surface area (Å²) in [5.41, 5.74) is 1.84. The maximum absolute atomic E-state index is 12.0. The third-order valence-corrected chi connectivity index (χ3v) is 5.51. The number of carbonyl (C=O) groups excluding carboxylic acids is 1. The molecule has 2 aromatic rings. The second-order valence-electron chi connectivity index (χ2n) is 5.66. The van der Waals surface area contributed by atoms with E-state index in [9.17, 15) is 13.2 Å². The van der Waals surface area contributed by atoms with Gasteiger partial charge in [0.2, 0.25) is 5.91 Å².